The van der Waals surface area contributed by atoms with Gasteiger partial charge in [0.15, 0.2) is 0 Å². The Morgan fingerprint density at radius 1 is 1.20 bits per heavy atom. The summed E-state index contributed by atoms with van der Waals surface area (Å²) >= 11 is 0. The van der Waals surface area contributed by atoms with Crippen molar-refractivity contribution in [2.75, 3.05) is 0 Å². The highest BCUT2D eigenvalue weighted by molar-refractivity contribution is 4.84. The molecule has 0 heterocycles. The lowest BCUT2D eigenvalue weighted by molar-refractivity contribution is 0.179. The standard InChI is InChI=1S/C9H19N/c1-8(10)9(2)6-4-3-5-7-9/h8H,3-7,10H2,1-2H3. The highest BCUT2D eigenvalue weighted by Gasteiger charge is 2.29. The summed E-state index contributed by atoms with van der Waals surface area (Å²) in [4.78, 5) is 0. The maximum Gasteiger partial charge on any atom is 0.00643 e. The molecule has 60 valence electrons. The molecule has 1 rings (SSSR count). The molecular formula is C9H19N. The molecule has 0 amide bonds. The number of rotatable bonds is 1. The van der Waals surface area contributed by atoms with Gasteiger partial charge < -0.3 is 5.73 Å². The first-order valence-corrected chi connectivity index (χ1v) is 4.41. The largest absolute Gasteiger partial charge is 0.327 e. The monoisotopic (exact) mass is 141 g/mol. The second-order valence-electron chi connectivity index (χ2n) is 4.00. The normalized spacial score (nSPS) is 27.9. The first-order chi connectivity index (χ1) is 4.65. The van der Waals surface area contributed by atoms with Crippen molar-refractivity contribution in [2.45, 2.75) is 52.0 Å². The Morgan fingerprint density at radius 2 is 1.70 bits per heavy atom. The molecule has 0 aromatic rings. The van der Waals surface area contributed by atoms with Gasteiger partial charge in [0, 0.05) is 6.04 Å². The van der Waals surface area contributed by atoms with Crippen LogP contribution >= 0.6 is 0 Å². The van der Waals surface area contributed by atoms with E-state index >= 15 is 0 Å². The van der Waals surface area contributed by atoms with Crippen molar-refractivity contribution in [2.24, 2.45) is 11.1 Å². The molecule has 1 heteroatoms. The Morgan fingerprint density at radius 3 is 2.00 bits per heavy atom. The lowest BCUT2D eigenvalue weighted by Gasteiger charge is -2.37. The molecule has 0 radical (unpaired) electrons. The first kappa shape index (κ1) is 8.06. The van der Waals surface area contributed by atoms with Gasteiger partial charge in [-0.05, 0) is 25.2 Å². The van der Waals surface area contributed by atoms with E-state index in [-0.39, 0.29) is 0 Å². The minimum Gasteiger partial charge on any atom is -0.327 e. The topological polar surface area (TPSA) is 26.0 Å². The lowest BCUT2D eigenvalue weighted by Crippen LogP contribution is -2.38. The Hall–Kier alpha value is -0.0400. The molecule has 1 saturated carbocycles. The average molecular weight is 141 g/mol. The van der Waals surface area contributed by atoms with Crippen molar-refractivity contribution in [1.82, 2.24) is 0 Å². The summed E-state index contributed by atoms with van der Waals surface area (Å²) in [5, 5.41) is 0. The van der Waals surface area contributed by atoms with Crippen molar-refractivity contribution in [1.29, 1.82) is 0 Å². The Labute approximate surface area is 64.0 Å². The van der Waals surface area contributed by atoms with Crippen LogP contribution in [0.2, 0.25) is 0 Å². The zero-order valence-corrected chi connectivity index (χ0v) is 7.19. The zero-order chi connectivity index (χ0) is 7.61. The summed E-state index contributed by atoms with van der Waals surface area (Å²) in [6, 6.07) is 0.382. The Balaban J connectivity index is 2.48. The molecular weight excluding hydrogens is 122 g/mol. The molecule has 1 nitrogen and oxygen atoms in total. The van der Waals surface area contributed by atoms with Crippen LogP contribution in [0, 0.1) is 5.41 Å². The minimum atomic E-state index is 0.382. The zero-order valence-electron chi connectivity index (χ0n) is 7.19. The molecule has 2 N–H and O–H groups in total. The summed E-state index contributed by atoms with van der Waals surface area (Å²) in [7, 11) is 0. The van der Waals surface area contributed by atoms with Gasteiger partial charge in [-0.25, -0.2) is 0 Å². The third kappa shape index (κ3) is 1.51. The fraction of sp³-hybridized carbons (Fsp3) is 1.00. The summed E-state index contributed by atoms with van der Waals surface area (Å²) in [5.74, 6) is 0. The van der Waals surface area contributed by atoms with E-state index in [2.05, 4.69) is 13.8 Å². The lowest BCUT2D eigenvalue weighted by atomic mass is 9.71. The minimum absolute atomic E-state index is 0.382. The summed E-state index contributed by atoms with van der Waals surface area (Å²) in [5.41, 5.74) is 6.36. The van der Waals surface area contributed by atoms with Crippen molar-refractivity contribution < 1.29 is 0 Å². The third-order valence-corrected chi connectivity index (χ3v) is 3.10. The van der Waals surface area contributed by atoms with E-state index < -0.39 is 0 Å². The Bertz CT molecular complexity index is 101. The van der Waals surface area contributed by atoms with E-state index in [1.807, 2.05) is 0 Å². The van der Waals surface area contributed by atoms with Gasteiger partial charge in [0.25, 0.3) is 0 Å². The second-order valence-corrected chi connectivity index (χ2v) is 4.00. The van der Waals surface area contributed by atoms with Crippen LogP contribution in [0.5, 0.6) is 0 Å². The number of hydrogen-bond donors (Lipinski definition) is 1. The molecule has 1 atom stereocenters. The summed E-state index contributed by atoms with van der Waals surface area (Å²) in [6.07, 6.45) is 6.87. The maximum atomic E-state index is 5.90. The smallest absolute Gasteiger partial charge is 0.00643 e. The molecule has 0 spiro atoms. The highest BCUT2D eigenvalue weighted by Crippen LogP contribution is 2.37. The van der Waals surface area contributed by atoms with Crippen LogP contribution in [0.1, 0.15) is 46.0 Å². The molecule has 0 aromatic heterocycles. The van der Waals surface area contributed by atoms with E-state index in [4.69, 9.17) is 5.73 Å². The van der Waals surface area contributed by atoms with E-state index in [1.165, 1.54) is 32.1 Å². The third-order valence-electron chi connectivity index (χ3n) is 3.10. The molecule has 0 bridgehead atoms. The fourth-order valence-electron chi connectivity index (χ4n) is 1.81. The van der Waals surface area contributed by atoms with Crippen LogP contribution in [-0.2, 0) is 0 Å². The molecule has 10 heavy (non-hydrogen) atoms. The van der Waals surface area contributed by atoms with Gasteiger partial charge in [-0.15, -0.1) is 0 Å². The van der Waals surface area contributed by atoms with E-state index in [1.54, 1.807) is 0 Å². The van der Waals surface area contributed by atoms with Crippen molar-refractivity contribution in [3.63, 3.8) is 0 Å². The molecule has 0 aromatic carbocycles. The predicted molar refractivity (Wildman–Crippen MR) is 44.8 cm³/mol. The van der Waals surface area contributed by atoms with Gasteiger partial charge in [-0.2, -0.15) is 0 Å². The van der Waals surface area contributed by atoms with Gasteiger partial charge in [0.05, 0.1) is 0 Å². The van der Waals surface area contributed by atoms with Crippen LogP contribution in [-0.4, -0.2) is 6.04 Å². The van der Waals surface area contributed by atoms with Gasteiger partial charge in [0.1, 0.15) is 0 Å². The predicted octanol–water partition coefficient (Wildman–Crippen LogP) is 2.30. The fourth-order valence-corrected chi connectivity index (χ4v) is 1.81. The summed E-state index contributed by atoms with van der Waals surface area (Å²) < 4.78 is 0. The molecule has 1 aliphatic carbocycles. The second kappa shape index (κ2) is 2.91. The van der Waals surface area contributed by atoms with E-state index in [0.717, 1.165) is 0 Å². The first-order valence-electron chi connectivity index (χ1n) is 4.41. The van der Waals surface area contributed by atoms with Crippen molar-refractivity contribution in [3.05, 3.63) is 0 Å². The van der Waals surface area contributed by atoms with Crippen LogP contribution in [0.25, 0.3) is 0 Å². The van der Waals surface area contributed by atoms with Gasteiger partial charge in [-0.1, -0.05) is 26.2 Å². The van der Waals surface area contributed by atoms with Crippen LogP contribution in [0.15, 0.2) is 0 Å². The van der Waals surface area contributed by atoms with Gasteiger partial charge >= 0.3 is 0 Å². The van der Waals surface area contributed by atoms with E-state index in [9.17, 15) is 0 Å². The number of nitrogens with two attached hydrogens (primary N) is 1. The number of hydrogen-bond acceptors (Lipinski definition) is 1. The highest BCUT2D eigenvalue weighted by atomic mass is 14.7. The molecule has 0 aliphatic heterocycles. The molecule has 1 unspecified atom stereocenters. The quantitative estimate of drug-likeness (QED) is 0.595. The van der Waals surface area contributed by atoms with Gasteiger partial charge in [0.2, 0.25) is 0 Å². The van der Waals surface area contributed by atoms with Crippen molar-refractivity contribution >= 4 is 0 Å². The molecule has 0 saturated heterocycles. The van der Waals surface area contributed by atoms with Gasteiger partial charge in [-0.3, -0.25) is 0 Å². The van der Waals surface area contributed by atoms with Crippen LogP contribution < -0.4 is 5.73 Å². The van der Waals surface area contributed by atoms with Crippen LogP contribution in [0.4, 0.5) is 0 Å². The molecule has 1 aliphatic rings. The van der Waals surface area contributed by atoms with Crippen LogP contribution in [0.3, 0.4) is 0 Å². The van der Waals surface area contributed by atoms with Crippen molar-refractivity contribution in [3.8, 4) is 0 Å². The Kier molecular flexibility index (Phi) is 2.35. The SMILES string of the molecule is CC(N)C1(C)CCCCC1. The summed E-state index contributed by atoms with van der Waals surface area (Å²) in [6.45, 7) is 4.47. The molecule has 1 fully saturated rings. The van der Waals surface area contributed by atoms with E-state index in [0.29, 0.717) is 11.5 Å². The maximum absolute atomic E-state index is 5.90. The average Bonchev–Trinajstić information content (AvgIpc) is 1.89.